The van der Waals surface area contributed by atoms with E-state index >= 15 is 0 Å². The molecule has 6 heteroatoms. The Kier molecular flexibility index (Phi) is 6.99. The summed E-state index contributed by atoms with van der Waals surface area (Å²) in [6.07, 6.45) is 2.78. The zero-order valence-corrected chi connectivity index (χ0v) is 17.2. The number of aryl methyl sites for hydroxylation is 2. The lowest BCUT2D eigenvalue weighted by Crippen LogP contribution is -2.44. The first kappa shape index (κ1) is 20.0. The fourth-order valence-corrected chi connectivity index (χ4v) is 4.19. The minimum Gasteiger partial charge on any atom is -0.373 e. The molecule has 1 aliphatic heterocycles. The highest BCUT2D eigenvalue weighted by molar-refractivity contribution is 7.13. The Bertz CT molecular complexity index is 734. The quantitative estimate of drug-likeness (QED) is 0.780. The van der Waals surface area contributed by atoms with Gasteiger partial charge in [0.2, 0.25) is 5.91 Å². The van der Waals surface area contributed by atoms with E-state index in [1.807, 2.05) is 5.38 Å². The van der Waals surface area contributed by atoms with Gasteiger partial charge in [0.25, 0.3) is 0 Å². The molecule has 1 amide bonds. The number of carbonyl (C=O) groups is 1. The second-order valence-corrected chi connectivity index (χ2v) is 8.34. The Hall–Kier alpha value is -1.76. The first-order valence-corrected chi connectivity index (χ1v) is 10.5. The van der Waals surface area contributed by atoms with Gasteiger partial charge in [-0.05, 0) is 39.2 Å². The number of anilines is 1. The van der Waals surface area contributed by atoms with Gasteiger partial charge in [-0.25, -0.2) is 4.98 Å². The minimum atomic E-state index is 0.0385. The van der Waals surface area contributed by atoms with E-state index in [9.17, 15) is 4.79 Å². The molecule has 0 saturated carbocycles. The largest absolute Gasteiger partial charge is 0.373 e. The van der Waals surface area contributed by atoms with Crippen molar-refractivity contribution in [2.45, 2.75) is 58.8 Å². The van der Waals surface area contributed by atoms with Crippen LogP contribution >= 0.6 is 11.3 Å². The number of amides is 1. The highest BCUT2D eigenvalue weighted by Crippen LogP contribution is 2.19. The summed E-state index contributed by atoms with van der Waals surface area (Å²) in [6, 6.07) is 8.49. The molecule has 0 bridgehead atoms. The second kappa shape index (κ2) is 9.44. The molecular formula is C21H29N3O2S. The van der Waals surface area contributed by atoms with Crippen LogP contribution in [0, 0.1) is 6.92 Å². The summed E-state index contributed by atoms with van der Waals surface area (Å²) < 4.78 is 5.77. The van der Waals surface area contributed by atoms with Gasteiger partial charge in [0.1, 0.15) is 0 Å². The van der Waals surface area contributed by atoms with Gasteiger partial charge in [-0.1, -0.05) is 29.8 Å². The van der Waals surface area contributed by atoms with Crippen molar-refractivity contribution in [2.24, 2.45) is 0 Å². The lowest BCUT2D eigenvalue weighted by molar-refractivity contribution is -0.116. The number of rotatable bonds is 7. The lowest BCUT2D eigenvalue weighted by Gasteiger charge is -2.34. The molecule has 146 valence electrons. The third kappa shape index (κ3) is 6.41. The molecule has 1 fully saturated rings. The summed E-state index contributed by atoms with van der Waals surface area (Å²) >= 11 is 1.50. The van der Waals surface area contributed by atoms with Gasteiger partial charge >= 0.3 is 0 Å². The van der Waals surface area contributed by atoms with Crippen LogP contribution in [-0.2, 0) is 22.5 Å². The van der Waals surface area contributed by atoms with Gasteiger partial charge < -0.3 is 10.1 Å². The van der Waals surface area contributed by atoms with E-state index in [4.69, 9.17) is 4.74 Å². The van der Waals surface area contributed by atoms with Crippen LogP contribution in [0.5, 0.6) is 0 Å². The summed E-state index contributed by atoms with van der Waals surface area (Å²) in [5, 5.41) is 5.67. The molecule has 2 unspecified atom stereocenters. The molecule has 2 heterocycles. The van der Waals surface area contributed by atoms with E-state index in [-0.39, 0.29) is 18.1 Å². The van der Waals surface area contributed by atoms with Gasteiger partial charge in [0, 0.05) is 31.4 Å². The molecule has 1 aromatic heterocycles. The Morgan fingerprint density at radius 3 is 2.67 bits per heavy atom. The van der Waals surface area contributed by atoms with Crippen LogP contribution in [0.25, 0.3) is 0 Å². The van der Waals surface area contributed by atoms with Crippen molar-refractivity contribution >= 4 is 22.4 Å². The molecule has 0 spiro atoms. The zero-order valence-electron chi connectivity index (χ0n) is 16.4. The van der Waals surface area contributed by atoms with Crippen LogP contribution in [0.1, 0.15) is 43.5 Å². The van der Waals surface area contributed by atoms with Crippen molar-refractivity contribution in [2.75, 3.05) is 18.4 Å². The first-order chi connectivity index (χ1) is 13.0. The monoisotopic (exact) mass is 387 g/mol. The van der Waals surface area contributed by atoms with E-state index in [1.165, 1.54) is 22.5 Å². The molecule has 2 atom stereocenters. The zero-order chi connectivity index (χ0) is 19.2. The molecule has 1 aliphatic rings. The number of hydrogen-bond donors (Lipinski definition) is 1. The highest BCUT2D eigenvalue weighted by Gasteiger charge is 2.22. The predicted molar refractivity (Wildman–Crippen MR) is 110 cm³/mol. The topological polar surface area (TPSA) is 54.5 Å². The van der Waals surface area contributed by atoms with E-state index in [2.05, 4.69) is 60.2 Å². The van der Waals surface area contributed by atoms with Crippen molar-refractivity contribution in [3.8, 4) is 0 Å². The third-order valence-corrected chi connectivity index (χ3v) is 5.48. The van der Waals surface area contributed by atoms with Crippen LogP contribution in [0.2, 0.25) is 0 Å². The van der Waals surface area contributed by atoms with E-state index in [1.54, 1.807) is 0 Å². The van der Waals surface area contributed by atoms with Crippen molar-refractivity contribution in [3.63, 3.8) is 0 Å². The predicted octanol–water partition coefficient (Wildman–Crippen LogP) is 4.02. The van der Waals surface area contributed by atoms with E-state index < -0.39 is 0 Å². The normalized spacial score (nSPS) is 20.6. The van der Waals surface area contributed by atoms with Crippen molar-refractivity contribution in [1.29, 1.82) is 0 Å². The van der Waals surface area contributed by atoms with Crippen molar-refractivity contribution < 1.29 is 9.53 Å². The van der Waals surface area contributed by atoms with Crippen LogP contribution in [-0.4, -0.2) is 41.1 Å². The van der Waals surface area contributed by atoms with Gasteiger partial charge in [-0.3, -0.25) is 9.69 Å². The second-order valence-electron chi connectivity index (χ2n) is 7.48. The number of nitrogens with one attached hydrogen (secondary N) is 1. The number of aromatic nitrogens is 1. The maximum Gasteiger partial charge on any atom is 0.226 e. The fraction of sp³-hybridized carbons (Fsp3) is 0.524. The molecule has 5 nitrogen and oxygen atoms in total. The maximum absolute atomic E-state index is 12.2. The highest BCUT2D eigenvalue weighted by atomic mass is 32.1. The molecule has 1 saturated heterocycles. The van der Waals surface area contributed by atoms with E-state index in [0.717, 1.165) is 38.2 Å². The Morgan fingerprint density at radius 2 is 1.96 bits per heavy atom. The minimum absolute atomic E-state index is 0.0385. The SMILES string of the molecule is Cc1ccc(CCCC(=O)Nc2nc(CN3CC(C)OC(C)C3)cs2)cc1. The number of benzene rings is 1. The molecule has 0 aliphatic carbocycles. The average Bonchev–Trinajstić information content (AvgIpc) is 3.02. The summed E-state index contributed by atoms with van der Waals surface area (Å²) in [5.41, 5.74) is 3.55. The van der Waals surface area contributed by atoms with E-state index in [0.29, 0.717) is 11.6 Å². The van der Waals surface area contributed by atoms with Gasteiger partial charge in [0.05, 0.1) is 17.9 Å². The Balaban J connectivity index is 1.41. The van der Waals surface area contributed by atoms with Gasteiger partial charge in [-0.2, -0.15) is 0 Å². The van der Waals surface area contributed by atoms with Gasteiger partial charge in [-0.15, -0.1) is 11.3 Å². The Labute approximate surface area is 165 Å². The fourth-order valence-electron chi connectivity index (χ4n) is 3.47. The number of ether oxygens (including phenoxy) is 1. The number of thiazole rings is 1. The summed E-state index contributed by atoms with van der Waals surface area (Å²) in [7, 11) is 0. The van der Waals surface area contributed by atoms with Crippen molar-refractivity contribution in [1.82, 2.24) is 9.88 Å². The average molecular weight is 388 g/mol. The number of morpholine rings is 1. The first-order valence-electron chi connectivity index (χ1n) is 9.65. The molecular weight excluding hydrogens is 358 g/mol. The molecule has 27 heavy (non-hydrogen) atoms. The smallest absolute Gasteiger partial charge is 0.226 e. The van der Waals surface area contributed by atoms with Crippen LogP contribution in [0.15, 0.2) is 29.6 Å². The standard InChI is InChI=1S/C21H29N3O2S/c1-15-7-9-18(10-8-15)5-4-6-20(25)23-21-22-19(14-27-21)13-24-11-16(2)26-17(3)12-24/h7-10,14,16-17H,4-6,11-13H2,1-3H3,(H,22,23,25). The maximum atomic E-state index is 12.2. The molecule has 1 N–H and O–H groups in total. The van der Waals surface area contributed by atoms with Crippen LogP contribution in [0.4, 0.5) is 5.13 Å². The molecule has 0 radical (unpaired) electrons. The summed E-state index contributed by atoms with van der Waals surface area (Å²) in [4.78, 5) is 19.1. The third-order valence-electron chi connectivity index (χ3n) is 4.67. The van der Waals surface area contributed by atoms with Gasteiger partial charge in [0.15, 0.2) is 5.13 Å². The molecule has 2 aromatic rings. The number of carbonyl (C=O) groups excluding carboxylic acids is 1. The summed E-state index contributed by atoms with van der Waals surface area (Å²) in [6.45, 7) is 8.93. The summed E-state index contributed by atoms with van der Waals surface area (Å²) in [5.74, 6) is 0.0385. The lowest BCUT2D eigenvalue weighted by atomic mass is 10.1. The molecule has 3 rings (SSSR count). The van der Waals surface area contributed by atoms with Crippen LogP contribution in [0.3, 0.4) is 0 Å². The number of nitrogens with zero attached hydrogens (tertiary/aromatic N) is 2. The Morgan fingerprint density at radius 1 is 1.26 bits per heavy atom. The number of hydrogen-bond acceptors (Lipinski definition) is 5. The van der Waals surface area contributed by atoms with Crippen LogP contribution < -0.4 is 5.32 Å². The molecule has 1 aromatic carbocycles. The van der Waals surface area contributed by atoms with Crippen molar-refractivity contribution in [3.05, 3.63) is 46.5 Å².